The summed E-state index contributed by atoms with van der Waals surface area (Å²) in [6.45, 7) is 0.350. The van der Waals surface area contributed by atoms with Crippen molar-refractivity contribution in [3.63, 3.8) is 0 Å². The summed E-state index contributed by atoms with van der Waals surface area (Å²) in [7, 11) is 0. The number of para-hydroxylation sites is 2. The van der Waals surface area contributed by atoms with E-state index in [0.29, 0.717) is 11.5 Å². The number of ether oxygens (including phenoxy) is 2. The van der Waals surface area contributed by atoms with Gasteiger partial charge in [-0.2, -0.15) is 0 Å². The standard InChI is InChI=1S/C22H26O6/c23-20(24)12-7-13-22(21(25)26,14-16-27-18-8-3-1-4-9-18)15-17-28-19-10-5-2-6-11-19/h1-6,8-11H,7,12-17H2,(H,23,24)(H,25,26)/p-2. The summed E-state index contributed by atoms with van der Waals surface area (Å²) in [6, 6.07) is 18.2. The molecule has 0 saturated carbocycles. The van der Waals surface area contributed by atoms with Crippen molar-refractivity contribution in [1.82, 2.24) is 0 Å². The van der Waals surface area contributed by atoms with Crippen LogP contribution in [0.5, 0.6) is 11.5 Å². The van der Waals surface area contributed by atoms with Crippen LogP contribution in [0.3, 0.4) is 0 Å². The first-order chi connectivity index (χ1) is 13.5. The third kappa shape index (κ3) is 6.95. The van der Waals surface area contributed by atoms with Crippen molar-refractivity contribution < 1.29 is 29.3 Å². The summed E-state index contributed by atoms with van der Waals surface area (Å²) >= 11 is 0. The van der Waals surface area contributed by atoms with Crippen molar-refractivity contribution in [2.75, 3.05) is 13.2 Å². The normalized spacial score (nSPS) is 11.0. The minimum atomic E-state index is -1.24. The Hall–Kier alpha value is -3.02. The highest BCUT2D eigenvalue weighted by molar-refractivity contribution is 5.72. The molecular formula is C22H24O6-2. The van der Waals surface area contributed by atoms with E-state index in [1.54, 1.807) is 24.3 Å². The SMILES string of the molecule is O=C([O-])CCCC(CCOc1ccccc1)(CCOc1ccccc1)C(=O)[O-]. The quantitative estimate of drug-likeness (QED) is 0.520. The molecule has 0 saturated heterocycles. The summed E-state index contributed by atoms with van der Waals surface area (Å²) in [6.07, 6.45) is 0.519. The Bertz CT molecular complexity index is 684. The molecule has 0 N–H and O–H groups in total. The first kappa shape index (κ1) is 21.3. The van der Waals surface area contributed by atoms with Gasteiger partial charge in [-0.25, -0.2) is 0 Å². The Balaban J connectivity index is 2.00. The Morgan fingerprint density at radius 3 is 1.61 bits per heavy atom. The molecule has 2 aromatic rings. The van der Waals surface area contributed by atoms with E-state index in [4.69, 9.17) is 9.47 Å². The van der Waals surface area contributed by atoms with Gasteiger partial charge in [0.1, 0.15) is 11.5 Å². The van der Waals surface area contributed by atoms with Crippen LogP contribution in [0.25, 0.3) is 0 Å². The van der Waals surface area contributed by atoms with Gasteiger partial charge in [-0.1, -0.05) is 36.4 Å². The van der Waals surface area contributed by atoms with Gasteiger partial charge in [0.2, 0.25) is 0 Å². The third-order valence-electron chi connectivity index (χ3n) is 4.65. The fourth-order valence-electron chi connectivity index (χ4n) is 3.01. The fourth-order valence-corrected chi connectivity index (χ4v) is 3.01. The lowest BCUT2D eigenvalue weighted by Crippen LogP contribution is -2.44. The average molecular weight is 384 g/mol. The van der Waals surface area contributed by atoms with Crippen LogP contribution >= 0.6 is 0 Å². The number of carboxylic acids is 2. The number of carbonyl (C=O) groups is 2. The third-order valence-corrected chi connectivity index (χ3v) is 4.65. The molecule has 0 heterocycles. The van der Waals surface area contributed by atoms with Gasteiger partial charge in [0.05, 0.1) is 13.2 Å². The maximum absolute atomic E-state index is 12.0. The van der Waals surface area contributed by atoms with E-state index >= 15 is 0 Å². The number of carbonyl (C=O) groups excluding carboxylic acids is 2. The van der Waals surface area contributed by atoms with Gasteiger partial charge in [0.25, 0.3) is 0 Å². The first-order valence-electron chi connectivity index (χ1n) is 9.29. The smallest absolute Gasteiger partial charge is 0.119 e. The van der Waals surface area contributed by atoms with E-state index in [1.807, 2.05) is 36.4 Å². The molecule has 0 spiro atoms. The molecule has 0 amide bonds. The second-order valence-electron chi connectivity index (χ2n) is 6.62. The predicted octanol–water partition coefficient (Wildman–Crippen LogP) is 1.58. The number of carboxylic acid groups (broad SMARTS) is 2. The molecule has 28 heavy (non-hydrogen) atoms. The molecule has 6 nitrogen and oxygen atoms in total. The average Bonchev–Trinajstić information content (AvgIpc) is 2.69. The highest BCUT2D eigenvalue weighted by Gasteiger charge is 2.31. The van der Waals surface area contributed by atoms with Gasteiger partial charge < -0.3 is 29.3 Å². The van der Waals surface area contributed by atoms with Crippen LogP contribution in [-0.4, -0.2) is 25.2 Å². The Kier molecular flexibility index (Phi) is 8.34. The molecule has 2 rings (SSSR count). The van der Waals surface area contributed by atoms with Crippen LogP contribution < -0.4 is 19.7 Å². The van der Waals surface area contributed by atoms with E-state index in [2.05, 4.69) is 0 Å². The molecule has 0 aromatic heterocycles. The van der Waals surface area contributed by atoms with Gasteiger partial charge in [0.15, 0.2) is 0 Å². The fraction of sp³-hybridized carbons (Fsp3) is 0.364. The first-order valence-corrected chi connectivity index (χ1v) is 9.29. The zero-order valence-corrected chi connectivity index (χ0v) is 15.7. The maximum atomic E-state index is 12.0. The Labute approximate surface area is 164 Å². The molecule has 0 atom stereocenters. The minimum absolute atomic E-state index is 0.152. The lowest BCUT2D eigenvalue weighted by Gasteiger charge is -2.35. The molecule has 150 valence electrons. The van der Waals surface area contributed by atoms with Crippen LogP contribution in [0.1, 0.15) is 32.1 Å². The van der Waals surface area contributed by atoms with E-state index < -0.39 is 17.4 Å². The molecular weight excluding hydrogens is 360 g/mol. The molecule has 0 bridgehead atoms. The zero-order valence-electron chi connectivity index (χ0n) is 15.7. The summed E-state index contributed by atoms with van der Waals surface area (Å²) in [4.78, 5) is 22.7. The molecule has 0 radical (unpaired) electrons. The maximum Gasteiger partial charge on any atom is 0.119 e. The number of aliphatic carboxylic acids is 2. The second kappa shape index (κ2) is 11.0. The van der Waals surface area contributed by atoms with E-state index in [9.17, 15) is 19.8 Å². The Morgan fingerprint density at radius 2 is 1.21 bits per heavy atom. The Morgan fingerprint density at radius 1 is 0.750 bits per heavy atom. The van der Waals surface area contributed by atoms with E-state index in [-0.39, 0.29) is 45.3 Å². The zero-order chi connectivity index (χ0) is 20.2. The van der Waals surface area contributed by atoms with Crippen molar-refractivity contribution >= 4 is 11.9 Å². The summed E-state index contributed by atoms with van der Waals surface area (Å²) in [5.41, 5.74) is -1.24. The summed E-state index contributed by atoms with van der Waals surface area (Å²) in [5.74, 6) is -1.14. The molecule has 6 heteroatoms. The van der Waals surface area contributed by atoms with Gasteiger partial charge in [0, 0.05) is 17.4 Å². The van der Waals surface area contributed by atoms with Crippen LogP contribution in [0.2, 0.25) is 0 Å². The topological polar surface area (TPSA) is 98.7 Å². The molecule has 0 aliphatic carbocycles. The van der Waals surface area contributed by atoms with Crippen LogP contribution in [0, 0.1) is 5.41 Å². The minimum Gasteiger partial charge on any atom is -0.550 e. The monoisotopic (exact) mass is 384 g/mol. The largest absolute Gasteiger partial charge is 0.550 e. The van der Waals surface area contributed by atoms with Crippen molar-refractivity contribution in [2.45, 2.75) is 32.1 Å². The lowest BCUT2D eigenvalue weighted by molar-refractivity contribution is -0.322. The second-order valence-corrected chi connectivity index (χ2v) is 6.62. The number of hydrogen-bond acceptors (Lipinski definition) is 6. The van der Waals surface area contributed by atoms with Gasteiger partial charge >= 0.3 is 0 Å². The van der Waals surface area contributed by atoms with Crippen LogP contribution in [-0.2, 0) is 9.59 Å². The summed E-state index contributed by atoms with van der Waals surface area (Å²) in [5, 5.41) is 22.7. The van der Waals surface area contributed by atoms with Gasteiger partial charge in [-0.15, -0.1) is 0 Å². The molecule has 0 aliphatic rings. The highest BCUT2D eigenvalue weighted by Crippen LogP contribution is 2.33. The van der Waals surface area contributed by atoms with Crippen molar-refractivity contribution in [3.8, 4) is 11.5 Å². The van der Waals surface area contributed by atoms with Crippen molar-refractivity contribution in [1.29, 1.82) is 0 Å². The van der Waals surface area contributed by atoms with Crippen LogP contribution in [0.15, 0.2) is 60.7 Å². The van der Waals surface area contributed by atoms with Crippen molar-refractivity contribution in [3.05, 3.63) is 60.7 Å². The molecule has 2 aromatic carbocycles. The molecule has 0 fully saturated rings. The molecule has 0 unspecified atom stereocenters. The van der Waals surface area contributed by atoms with E-state index in [0.717, 1.165) is 0 Å². The highest BCUT2D eigenvalue weighted by atomic mass is 16.5. The van der Waals surface area contributed by atoms with Crippen molar-refractivity contribution in [2.24, 2.45) is 5.41 Å². The number of benzene rings is 2. The van der Waals surface area contributed by atoms with Gasteiger partial charge in [-0.05, 0) is 56.4 Å². The van der Waals surface area contributed by atoms with Crippen LogP contribution in [0.4, 0.5) is 0 Å². The molecule has 0 aliphatic heterocycles. The van der Waals surface area contributed by atoms with E-state index in [1.165, 1.54) is 0 Å². The number of hydrogen-bond donors (Lipinski definition) is 0. The number of rotatable bonds is 13. The summed E-state index contributed by atoms with van der Waals surface area (Å²) < 4.78 is 11.3. The van der Waals surface area contributed by atoms with Gasteiger partial charge in [-0.3, -0.25) is 0 Å². The lowest BCUT2D eigenvalue weighted by atomic mass is 9.77. The predicted molar refractivity (Wildman–Crippen MR) is 99.4 cm³/mol.